The van der Waals surface area contributed by atoms with Crippen LogP contribution < -0.4 is 11.5 Å². The molecule has 0 aromatic rings. The minimum absolute atomic E-state index is 0.0297. The van der Waals surface area contributed by atoms with Gasteiger partial charge in [-0.15, -0.1) is 0 Å². The Morgan fingerprint density at radius 1 is 0.750 bits per heavy atom. The molecule has 2 aliphatic heterocycles. The van der Waals surface area contributed by atoms with Gasteiger partial charge in [0.1, 0.15) is 12.1 Å². The third-order valence-electron chi connectivity index (χ3n) is 3.08. The Bertz CT molecular complexity index is 683. The number of amides is 4. The van der Waals surface area contributed by atoms with E-state index >= 15 is 0 Å². The molecule has 2 aliphatic rings. The lowest BCUT2D eigenvalue weighted by atomic mass is 10.4. The van der Waals surface area contributed by atoms with Gasteiger partial charge >= 0.3 is 11.9 Å². The highest BCUT2D eigenvalue weighted by atomic mass is 33.1. The Balaban J connectivity index is 1.65. The van der Waals surface area contributed by atoms with Crippen LogP contribution in [0.3, 0.4) is 0 Å². The molecule has 0 saturated heterocycles. The van der Waals surface area contributed by atoms with Gasteiger partial charge < -0.3 is 21.1 Å². The molecule has 0 spiro atoms. The van der Waals surface area contributed by atoms with Crippen molar-refractivity contribution in [3.05, 3.63) is 24.3 Å². The molecule has 2 rings (SSSR count). The minimum atomic E-state index is -1.15. The minimum Gasteiger partial charge on any atom is -0.328 e. The first-order chi connectivity index (χ1) is 13.2. The first-order valence-electron chi connectivity index (χ1n) is 7.52. The van der Waals surface area contributed by atoms with Crippen LogP contribution in [-0.2, 0) is 38.4 Å². The quantitative estimate of drug-likeness (QED) is 0.229. The van der Waals surface area contributed by atoms with E-state index in [1.165, 1.54) is 0 Å². The van der Waals surface area contributed by atoms with E-state index in [-0.39, 0.29) is 11.5 Å². The summed E-state index contributed by atoms with van der Waals surface area (Å²) in [7, 11) is 2.16. The van der Waals surface area contributed by atoms with Crippen molar-refractivity contribution in [1.82, 2.24) is 10.1 Å². The van der Waals surface area contributed by atoms with Gasteiger partial charge in [0.25, 0.3) is 23.6 Å². The molecule has 2 atom stereocenters. The molecule has 28 heavy (non-hydrogen) atoms. The van der Waals surface area contributed by atoms with Crippen molar-refractivity contribution in [2.24, 2.45) is 11.5 Å². The van der Waals surface area contributed by atoms with Gasteiger partial charge in [-0.1, -0.05) is 31.7 Å². The highest BCUT2D eigenvalue weighted by Crippen LogP contribution is 2.23. The monoisotopic (exact) mass is 430 g/mol. The van der Waals surface area contributed by atoms with Gasteiger partial charge in [-0.05, 0) is 0 Å². The van der Waals surface area contributed by atoms with Crippen molar-refractivity contribution in [2.75, 3.05) is 11.5 Å². The lowest BCUT2D eigenvalue weighted by Gasteiger charge is -2.17. The Labute approximate surface area is 165 Å². The number of nitrogens with two attached hydrogens (primary N) is 2. The second-order valence-corrected chi connectivity index (χ2v) is 7.76. The first-order valence-corrected chi connectivity index (χ1v) is 10.0. The zero-order valence-electron chi connectivity index (χ0n) is 14.0. The summed E-state index contributed by atoms with van der Waals surface area (Å²) in [6.45, 7) is 0. The van der Waals surface area contributed by atoms with E-state index in [0.717, 1.165) is 45.9 Å². The van der Waals surface area contributed by atoms with Crippen LogP contribution >= 0.6 is 21.6 Å². The number of hydrogen-bond acceptors (Lipinski definition) is 12. The number of carbonyl (C=O) groups is 6. The summed E-state index contributed by atoms with van der Waals surface area (Å²) in [6.07, 6.45) is 3.80. The van der Waals surface area contributed by atoms with Crippen LogP contribution in [0.4, 0.5) is 0 Å². The molecule has 12 nitrogen and oxygen atoms in total. The van der Waals surface area contributed by atoms with Crippen molar-refractivity contribution >= 4 is 57.2 Å². The molecule has 0 aromatic heterocycles. The number of rotatable bonds is 9. The zero-order valence-corrected chi connectivity index (χ0v) is 15.6. The van der Waals surface area contributed by atoms with Crippen LogP contribution in [0, 0.1) is 0 Å². The van der Waals surface area contributed by atoms with Gasteiger partial charge in [0.05, 0.1) is 0 Å². The highest BCUT2D eigenvalue weighted by Gasteiger charge is 2.31. The third-order valence-corrected chi connectivity index (χ3v) is 5.56. The Hall–Kier alpha value is -2.68. The topological polar surface area (TPSA) is 179 Å². The Morgan fingerprint density at radius 3 is 1.32 bits per heavy atom. The number of imide groups is 2. The predicted octanol–water partition coefficient (Wildman–Crippen LogP) is -2.21. The fourth-order valence-electron chi connectivity index (χ4n) is 1.65. The largest absolute Gasteiger partial charge is 0.350 e. The molecule has 0 radical (unpaired) electrons. The molecule has 4 amide bonds. The van der Waals surface area contributed by atoms with E-state index in [0.29, 0.717) is 10.1 Å². The van der Waals surface area contributed by atoms with E-state index in [9.17, 15) is 28.8 Å². The molecule has 0 bridgehead atoms. The summed E-state index contributed by atoms with van der Waals surface area (Å²) < 4.78 is 0. The summed E-state index contributed by atoms with van der Waals surface area (Å²) in [4.78, 5) is 77.9. The third kappa shape index (κ3) is 5.41. The van der Waals surface area contributed by atoms with Crippen molar-refractivity contribution in [2.45, 2.75) is 12.1 Å². The van der Waals surface area contributed by atoms with Crippen LogP contribution in [0.2, 0.25) is 0 Å². The molecule has 150 valence electrons. The highest BCUT2D eigenvalue weighted by molar-refractivity contribution is 8.76. The number of nitrogens with zero attached hydrogens (tertiary/aromatic N) is 2. The molecule has 0 saturated carbocycles. The van der Waals surface area contributed by atoms with Gasteiger partial charge in [-0.2, -0.15) is 0 Å². The van der Waals surface area contributed by atoms with E-state index < -0.39 is 47.7 Å². The van der Waals surface area contributed by atoms with E-state index in [1.807, 2.05) is 0 Å². The summed E-state index contributed by atoms with van der Waals surface area (Å²) in [6, 6.07) is -2.29. The fraction of sp³-hybridized carbons (Fsp3) is 0.286. The summed E-state index contributed by atoms with van der Waals surface area (Å²) in [5, 5.41) is 0.587. The van der Waals surface area contributed by atoms with E-state index in [1.54, 1.807) is 0 Å². The maximum Gasteiger partial charge on any atom is 0.350 e. The van der Waals surface area contributed by atoms with Crippen molar-refractivity contribution < 1.29 is 38.4 Å². The molecule has 4 N–H and O–H groups in total. The van der Waals surface area contributed by atoms with Crippen LogP contribution in [0.25, 0.3) is 0 Å². The molecule has 0 aromatic carbocycles. The molecule has 0 unspecified atom stereocenters. The molecule has 2 heterocycles. The maximum absolute atomic E-state index is 11.8. The maximum atomic E-state index is 11.8. The first kappa shape index (κ1) is 21.6. The van der Waals surface area contributed by atoms with E-state index in [2.05, 4.69) is 9.68 Å². The second kappa shape index (κ2) is 9.50. The Morgan fingerprint density at radius 2 is 1.04 bits per heavy atom. The van der Waals surface area contributed by atoms with Crippen molar-refractivity contribution in [3.8, 4) is 0 Å². The second-order valence-electron chi connectivity index (χ2n) is 5.21. The number of carbonyl (C=O) groups excluding carboxylic acids is 6. The summed E-state index contributed by atoms with van der Waals surface area (Å²) in [5.41, 5.74) is 11.2. The lowest BCUT2D eigenvalue weighted by molar-refractivity contribution is -0.196. The summed E-state index contributed by atoms with van der Waals surface area (Å²) in [5.74, 6) is -5.07. The smallest absolute Gasteiger partial charge is 0.328 e. The average molecular weight is 430 g/mol. The number of hydrogen-bond donors (Lipinski definition) is 2. The SMILES string of the molecule is N[C@@H](CSSC[C@H](N)C(=O)ON1C(=O)C=CC1=O)C(=O)ON1C(=O)C=CC1=O. The van der Waals surface area contributed by atoms with Crippen LogP contribution in [-0.4, -0.2) is 69.3 Å². The van der Waals surface area contributed by atoms with Crippen LogP contribution in [0.15, 0.2) is 24.3 Å². The van der Waals surface area contributed by atoms with Gasteiger partial charge in [-0.3, -0.25) is 19.2 Å². The van der Waals surface area contributed by atoms with Gasteiger partial charge in [-0.25, -0.2) is 9.59 Å². The van der Waals surface area contributed by atoms with Gasteiger partial charge in [0, 0.05) is 35.8 Å². The molecule has 14 heteroatoms. The predicted molar refractivity (Wildman–Crippen MR) is 95.0 cm³/mol. The lowest BCUT2D eigenvalue weighted by Crippen LogP contribution is -2.42. The van der Waals surface area contributed by atoms with Gasteiger partial charge in [0.15, 0.2) is 0 Å². The molecule has 0 aliphatic carbocycles. The Kier molecular flexibility index (Phi) is 7.33. The number of hydroxylamine groups is 4. The van der Waals surface area contributed by atoms with Gasteiger partial charge in [0.2, 0.25) is 0 Å². The normalized spacial score (nSPS) is 18.1. The fourth-order valence-corrected chi connectivity index (χ4v) is 3.86. The zero-order chi connectivity index (χ0) is 20.8. The molecular formula is C14H14N4O8S2. The summed E-state index contributed by atoms with van der Waals surface area (Å²) >= 11 is 0. The molecule has 0 fully saturated rings. The van der Waals surface area contributed by atoms with E-state index in [4.69, 9.17) is 11.5 Å². The average Bonchev–Trinajstić information content (AvgIpc) is 3.14. The van der Waals surface area contributed by atoms with Crippen molar-refractivity contribution in [1.29, 1.82) is 0 Å². The standard InChI is InChI=1S/C14H14N4O8S2/c15-7(13(23)25-17-9(19)1-2-10(17)20)5-27-28-6-8(16)14(24)26-18-11(21)3-4-12(18)22/h1-4,7-8H,5-6,15-16H2/t7-,8-/m0/s1. The molecular weight excluding hydrogens is 416 g/mol. The van der Waals surface area contributed by atoms with Crippen LogP contribution in [0.5, 0.6) is 0 Å². The van der Waals surface area contributed by atoms with Crippen LogP contribution in [0.1, 0.15) is 0 Å². The van der Waals surface area contributed by atoms with Crippen molar-refractivity contribution in [3.63, 3.8) is 0 Å².